The van der Waals surface area contributed by atoms with Gasteiger partial charge in [0.15, 0.2) is 0 Å². The van der Waals surface area contributed by atoms with Gasteiger partial charge in [0.25, 0.3) is 0 Å². The second-order valence-corrected chi connectivity index (χ2v) is 6.22. The van der Waals surface area contributed by atoms with Crippen molar-refractivity contribution >= 4 is 11.6 Å². The maximum Gasteiger partial charge on any atom is 0.315 e. The Balaban J connectivity index is 2.80. The molecule has 0 saturated heterocycles. The summed E-state index contributed by atoms with van der Waals surface area (Å²) in [6.45, 7) is 14.8. The van der Waals surface area contributed by atoms with Crippen LogP contribution >= 0.6 is 0 Å². The molecular weight excluding hydrogens is 248 g/mol. The molecule has 0 fully saturated rings. The minimum absolute atomic E-state index is 0.135. The van der Waals surface area contributed by atoms with E-state index < -0.39 is 5.54 Å². The maximum absolute atomic E-state index is 11.9. The lowest BCUT2D eigenvalue weighted by molar-refractivity contribution is 0.228. The standard InChI is InChI=1S/C17H26N2O/c1-12(2)11-18-16(20)19-17(5,6)15-9-7-8-14(10-15)13(3)4/h7-10,12H,3,11H2,1-2,4-6H3,(H2,18,19,20). The van der Waals surface area contributed by atoms with Gasteiger partial charge in [0.1, 0.15) is 0 Å². The van der Waals surface area contributed by atoms with Gasteiger partial charge >= 0.3 is 6.03 Å². The zero-order valence-corrected chi connectivity index (χ0v) is 13.2. The van der Waals surface area contributed by atoms with Crippen molar-refractivity contribution in [1.82, 2.24) is 10.6 Å². The van der Waals surface area contributed by atoms with Crippen LogP contribution in [0.15, 0.2) is 30.8 Å². The largest absolute Gasteiger partial charge is 0.338 e. The number of carbonyl (C=O) groups excluding carboxylic acids is 1. The minimum Gasteiger partial charge on any atom is -0.338 e. The number of benzene rings is 1. The van der Waals surface area contributed by atoms with Gasteiger partial charge in [0.05, 0.1) is 5.54 Å². The van der Waals surface area contributed by atoms with Gasteiger partial charge in [-0.15, -0.1) is 0 Å². The van der Waals surface area contributed by atoms with Gasteiger partial charge in [0, 0.05) is 6.54 Å². The predicted molar refractivity (Wildman–Crippen MR) is 85.5 cm³/mol. The Labute approximate surface area is 122 Å². The van der Waals surface area contributed by atoms with Crippen LogP contribution in [-0.2, 0) is 5.54 Å². The molecule has 0 spiro atoms. The molecule has 20 heavy (non-hydrogen) atoms. The van der Waals surface area contributed by atoms with Crippen molar-refractivity contribution < 1.29 is 4.79 Å². The zero-order chi connectivity index (χ0) is 15.3. The monoisotopic (exact) mass is 274 g/mol. The fourth-order valence-electron chi connectivity index (χ4n) is 1.87. The van der Waals surface area contributed by atoms with Crippen molar-refractivity contribution in [2.45, 2.75) is 40.2 Å². The first-order valence-electron chi connectivity index (χ1n) is 7.05. The number of hydrogen-bond acceptors (Lipinski definition) is 1. The van der Waals surface area contributed by atoms with Gasteiger partial charge in [-0.1, -0.05) is 44.2 Å². The molecule has 0 aliphatic heterocycles. The number of nitrogens with one attached hydrogen (secondary N) is 2. The first kappa shape index (κ1) is 16.3. The highest BCUT2D eigenvalue weighted by Crippen LogP contribution is 2.23. The molecule has 1 aromatic rings. The Morgan fingerprint density at radius 2 is 2.00 bits per heavy atom. The smallest absolute Gasteiger partial charge is 0.315 e. The van der Waals surface area contributed by atoms with Crippen molar-refractivity contribution in [2.75, 3.05) is 6.54 Å². The summed E-state index contributed by atoms with van der Waals surface area (Å²) >= 11 is 0. The first-order chi connectivity index (χ1) is 9.22. The van der Waals surface area contributed by atoms with Crippen LogP contribution in [0.5, 0.6) is 0 Å². The van der Waals surface area contributed by atoms with E-state index in [0.29, 0.717) is 12.5 Å². The lowest BCUT2D eigenvalue weighted by atomic mass is 9.92. The minimum atomic E-state index is -0.424. The van der Waals surface area contributed by atoms with E-state index in [1.807, 2.05) is 39.0 Å². The summed E-state index contributed by atoms with van der Waals surface area (Å²) in [4.78, 5) is 11.9. The normalized spacial score (nSPS) is 11.3. The van der Waals surface area contributed by atoms with Gasteiger partial charge in [-0.3, -0.25) is 0 Å². The quantitative estimate of drug-likeness (QED) is 0.839. The molecule has 2 N–H and O–H groups in total. The highest BCUT2D eigenvalue weighted by molar-refractivity contribution is 5.75. The molecule has 0 unspecified atom stereocenters. The first-order valence-corrected chi connectivity index (χ1v) is 7.05. The predicted octanol–water partition coefficient (Wildman–Crippen LogP) is 3.91. The Morgan fingerprint density at radius 3 is 2.55 bits per heavy atom. The zero-order valence-electron chi connectivity index (χ0n) is 13.2. The molecule has 3 nitrogen and oxygen atoms in total. The maximum atomic E-state index is 11.9. The number of allylic oxidation sites excluding steroid dienone is 1. The Bertz CT molecular complexity index is 490. The summed E-state index contributed by atoms with van der Waals surface area (Å²) < 4.78 is 0. The third kappa shape index (κ3) is 4.72. The summed E-state index contributed by atoms with van der Waals surface area (Å²) in [5.41, 5.74) is 2.76. The second kappa shape index (κ2) is 6.60. The van der Waals surface area contributed by atoms with E-state index in [0.717, 1.165) is 16.7 Å². The molecule has 1 aromatic carbocycles. The SMILES string of the molecule is C=C(C)c1cccc(C(C)(C)NC(=O)NCC(C)C)c1. The third-order valence-corrected chi connectivity index (χ3v) is 3.17. The van der Waals surface area contributed by atoms with Gasteiger partial charge in [0.2, 0.25) is 0 Å². The van der Waals surface area contributed by atoms with Gasteiger partial charge in [-0.05, 0) is 43.9 Å². The molecule has 0 radical (unpaired) electrons. The van der Waals surface area contributed by atoms with Crippen molar-refractivity contribution in [1.29, 1.82) is 0 Å². The van der Waals surface area contributed by atoms with Crippen LogP contribution in [0.3, 0.4) is 0 Å². The molecule has 1 rings (SSSR count). The van der Waals surface area contributed by atoms with Crippen LogP contribution < -0.4 is 10.6 Å². The summed E-state index contributed by atoms with van der Waals surface area (Å²) in [6, 6.07) is 7.99. The fourth-order valence-corrected chi connectivity index (χ4v) is 1.87. The molecule has 0 aliphatic rings. The van der Waals surface area contributed by atoms with E-state index in [1.165, 1.54) is 0 Å². The van der Waals surface area contributed by atoms with Gasteiger partial charge in [-0.25, -0.2) is 4.79 Å². The number of rotatable bonds is 5. The molecule has 0 saturated carbocycles. The number of amides is 2. The highest BCUT2D eigenvalue weighted by Gasteiger charge is 2.23. The molecule has 110 valence electrons. The Hall–Kier alpha value is -1.77. The Morgan fingerprint density at radius 1 is 1.35 bits per heavy atom. The molecule has 0 bridgehead atoms. The average Bonchev–Trinajstić information content (AvgIpc) is 2.36. The van der Waals surface area contributed by atoms with Crippen molar-refractivity contribution in [2.24, 2.45) is 5.92 Å². The number of carbonyl (C=O) groups is 1. The third-order valence-electron chi connectivity index (χ3n) is 3.17. The average molecular weight is 274 g/mol. The topological polar surface area (TPSA) is 41.1 Å². The van der Waals surface area contributed by atoms with Crippen LogP contribution in [0.25, 0.3) is 5.57 Å². The molecule has 3 heteroatoms. The van der Waals surface area contributed by atoms with Crippen LogP contribution in [0.4, 0.5) is 4.79 Å². The van der Waals surface area contributed by atoms with E-state index in [4.69, 9.17) is 0 Å². The van der Waals surface area contributed by atoms with Crippen molar-refractivity contribution in [3.05, 3.63) is 42.0 Å². The van der Waals surface area contributed by atoms with E-state index >= 15 is 0 Å². The van der Waals surface area contributed by atoms with Crippen molar-refractivity contribution in [3.8, 4) is 0 Å². The lowest BCUT2D eigenvalue weighted by Gasteiger charge is -2.28. The van der Waals surface area contributed by atoms with Crippen LogP contribution in [0, 0.1) is 5.92 Å². The van der Waals surface area contributed by atoms with Gasteiger partial charge < -0.3 is 10.6 Å². The van der Waals surface area contributed by atoms with Crippen LogP contribution in [0.1, 0.15) is 45.7 Å². The molecule has 0 aliphatic carbocycles. The van der Waals surface area contributed by atoms with E-state index in [2.05, 4.69) is 37.1 Å². The van der Waals surface area contributed by atoms with Crippen molar-refractivity contribution in [3.63, 3.8) is 0 Å². The van der Waals surface area contributed by atoms with E-state index in [1.54, 1.807) is 0 Å². The number of urea groups is 1. The molecule has 0 heterocycles. The summed E-state index contributed by atoms with van der Waals surface area (Å²) in [5.74, 6) is 0.440. The van der Waals surface area contributed by atoms with Crippen LogP contribution in [0.2, 0.25) is 0 Å². The lowest BCUT2D eigenvalue weighted by Crippen LogP contribution is -2.47. The Kier molecular flexibility index (Phi) is 5.37. The summed E-state index contributed by atoms with van der Waals surface area (Å²) in [5, 5.41) is 5.89. The van der Waals surface area contributed by atoms with Crippen LogP contribution in [-0.4, -0.2) is 12.6 Å². The summed E-state index contributed by atoms with van der Waals surface area (Å²) in [7, 11) is 0. The fraction of sp³-hybridized carbons (Fsp3) is 0.471. The van der Waals surface area contributed by atoms with Gasteiger partial charge in [-0.2, -0.15) is 0 Å². The summed E-state index contributed by atoms with van der Waals surface area (Å²) in [6.07, 6.45) is 0. The molecule has 0 aromatic heterocycles. The molecule has 2 amide bonds. The van der Waals surface area contributed by atoms with E-state index in [-0.39, 0.29) is 6.03 Å². The van der Waals surface area contributed by atoms with E-state index in [9.17, 15) is 4.79 Å². The number of hydrogen-bond donors (Lipinski definition) is 2. The molecule has 0 atom stereocenters. The second-order valence-electron chi connectivity index (χ2n) is 6.22. The highest BCUT2D eigenvalue weighted by atomic mass is 16.2. The molecular formula is C17H26N2O.